The molecular formula is C10H16N2S2. The van der Waals surface area contributed by atoms with Gasteiger partial charge in [0.25, 0.3) is 0 Å². The lowest BCUT2D eigenvalue weighted by Crippen LogP contribution is -2.31. The number of thiazole rings is 1. The second-order valence-corrected chi connectivity index (χ2v) is 5.82. The van der Waals surface area contributed by atoms with Crippen LogP contribution in [0, 0.1) is 6.92 Å². The molecule has 1 aromatic rings. The monoisotopic (exact) mass is 228 g/mol. The summed E-state index contributed by atoms with van der Waals surface area (Å²) in [6.45, 7) is 3.01. The van der Waals surface area contributed by atoms with Gasteiger partial charge in [-0.2, -0.15) is 11.8 Å². The third kappa shape index (κ3) is 2.97. The molecule has 1 aliphatic heterocycles. The molecule has 78 valence electrons. The first-order valence-electron chi connectivity index (χ1n) is 5.07. The second-order valence-electron chi connectivity index (χ2n) is 3.65. The molecule has 0 radical (unpaired) electrons. The summed E-state index contributed by atoms with van der Waals surface area (Å²) in [6.07, 6.45) is 2.63. The van der Waals surface area contributed by atoms with Crippen LogP contribution in [0.15, 0.2) is 5.38 Å². The summed E-state index contributed by atoms with van der Waals surface area (Å²) in [5.41, 5.74) is 1.14. The Morgan fingerprint density at radius 1 is 1.50 bits per heavy atom. The smallest absolute Gasteiger partial charge is 0.107 e. The van der Waals surface area contributed by atoms with Crippen molar-refractivity contribution in [2.24, 2.45) is 0 Å². The normalized spacial score (nSPS) is 18.6. The Morgan fingerprint density at radius 2 is 2.29 bits per heavy atom. The van der Waals surface area contributed by atoms with E-state index in [4.69, 9.17) is 0 Å². The van der Waals surface area contributed by atoms with Crippen LogP contribution < -0.4 is 5.32 Å². The zero-order valence-corrected chi connectivity index (χ0v) is 10.1. The van der Waals surface area contributed by atoms with Gasteiger partial charge in [0.15, 0.2) is 0 Å². The maximum absolute atomic E-state index is 4.45. The molecule has 1 aliphatic rings. The molecule has 1 N–H and O–H groups in total. The summed E-state index contributed by atoms with van der Waals surface area (Å²) >= 11 is 3.83. The van der Waals surface area contributed by atoms with Gasteiger partial charge < -0.3 is 5.32 Å². The van der Waals surface area contributed by atoms with Crippen LogP contribution >= 0.6 is 23.1 Å². The number of aromatic nitrogens is 1. The largest absolute Gasteiger partial charge is 0.308 e. The van der Waals surface area contributed by atoms with Gasteiger partial charge in [0.05, 0.1) is 0 Å². The van der Waals surface area contributed by atoms with Crippen molar-refractivity contribution in [1.82, 2.24) is 10.3 Å². The average molecular weight is 228 g/mol. The Labute approximate surface area is 93.5 Å². The standard InChI is InChI=1S/C10H16N2S2/c1-8-7-14-10(12-8)6-11-9-2-4-13-5-3-9/h7,9,11H,2-6H2,1H3. The number of hydrogen-bond donors (Lipinski definition) is 1. The Bertz CT molecular complexity index is 279. The van der Waals surface area contributed by atoms with Gasteiger partial charge >= 0.3 is 0 Å². The molecule has 0 unspecified atom stereocenters. The predicted octanol–water partition coefficient (Wildman–Crippen LogP) is 2.44. The Balaban J connectivity index is 1.76. The van der Waals surface area contributed by atoms with Crippen LogP contribution in [0.1, 0.15) is 23.5 Å². The number of rotatable bonds is 3. The van der Waals surface area contributed by atoms with E-state index >= 15 is 0 Å². The lowest BCUT2D eigenvalue weighted by Gasteiger charge is -2.21. The van der Waals surface area contributed by atoms with Crippen molar-refractivity contribution in [2.45, 2.75) is 32.4 Å². The highest BCUT2D eigenvalue weighted by Gasteiger charge is 2.12. The summed E-state index contributed by atoms with van der Waals surface area (Å²) in [6, 6.07) is 0.723. The summed E-state index contributed by atoms with van der Waals surface area (Å²) in [7, 11) is 0. The molecule has 0 spiro atoms. The maximum atomic E-state index is 4.45. The Morgan fingerprint density at radius 3 is 2.93 bits per heavy atom. The zero-order valence-electron chi connectivity index (χ0n) is 8.45. The summed E-state index contributed by atoms with van der Waals surface area (Å²) in [5.74, 6) is 2.63. The molecule has 0 aliphatic carbocycles. The molecule has 0 atom stereocenters. The first kappa shape index (κ1) is 10.5. The van der Waals surface area contributed by atoms with Gasteiger partial charge in [0.2, 0.25) is 0 Å². The van der Waals surface area contributed by atoms with Crippen LogP contribution in [-0.2, 0) is 6.54 Å². The van der Waals surface area contributed by atoms with E-state index in [2.05, 4.69) is 34.4 Å². The Hall–Kier alpha value is -0.0600. The molecule has 4 heteroatoms. The van der Waals surface area contributed by atoms with Crippen LogP contribution in [0.4, 0.5) is 0 Å². The maximum Gasteiger partial charge on any atom is 0.107 e. The quantitative estimate of drug-likeness (QED) is 0.860. The highest BCUT2D eigenvalue weighted by atomic mass is 32.2. The van der Waals surface area contributed by atoms with Crippen LogP contribution in [0.3, 0.4) is 0 Å². The first-order chi connectivity index (χ1) is 6.84. The minimum Gasteiger partial charge on any atom is -0.308 e. The molecule has 14 heavy (non-hydrogen) atoms. The van der Waals surface area contributed by atoms with Gasteiger partial charge in [-0.25, -0.2) is 4.98 Å². The summed E-state index contributed by atoms with van der Waals surface area (Å²) < 4.78 is 0. The Kier molecular flexibility index (Phi) is 3.84. The van der Waals surface area contributed by atoms with E-state index in [1.165, 1.54) is 29.4 Å². The zero-order chi connectivity index (χ0) is 9.80. The van der Waals surface area contributed by atoms with Gasteiger partial charge in [0, 0.05) is 23.7 Å². The molecule has 0 aromatic carbocycles. The van der Waals surface area contributed by atoms with Gasteiger partial charge in [-0.3, -0.25) is 0 Å². The van der Waals surface area contributed by atoms with Gasteiger partial charge in [-0.15, -0.1) is 11.3 Å². The predicted molar refractivity (Wildman–Crippen MR) is 64.0 cm³/mol. The molecule has 0 amide bonds. The van der Waals surface area contributed by atoms with E-state index in [1.54, 1.807) is 11.3 Å². The van der Waals surface area contributed by atoms with Crippen molar-refractivity contribution in [3.8, 4) is 0 Å². The summed E-state index contributed by atoms with van der Waals surface area (Å²) in [4.78, 5) is 4.45. The molecule has 1 fully saturated rings. The fourth-order valence-corrected chi connectivity index (χ4v) is 3.45. The van der Waals surface area contributed by atoms with Crippen molar-refractivity contribution >= 4 is 23.1 Å². The highest BCUT2D eigenvalue weighted by molar-refractivity contribution is 7.99. The van der Waals surface area contributed by atoms with Crippen molar-refractivity contribution in [2.75, 3.05) is 11.5 Å². The van der Waals surface area contributed by atoms with E-state index in [0.29, 0.717) is 0 Å². The van der Waals surface area contributed by atoms with Gasteiger partial charge in [0.1, 0.15) is 5.01 Å². The molecular weight excluding hydrogens is 212 g/mol. The highest BCUT2D eigenvalue weighted by Crippen LogP contribution is 2.17. The van der Waals surface area contributed by atoms with Crippen LogP contribution in [0.5, 0.6) is 0 Å². The fraction of sp³-hybridized carbons (Fsp3) is 0.700. The molecule has 1 aromatic heterocycles. The molecule has 1 saturated heterocycles. The molecule has 2 rings (SSSR count). The molecule has 0 saturated carbocycles. The van der Waals surface area contributed by atoms with Crippen molar-refractivity contribution in [3.05, 3.63) is 16.1 Å². The minimum absolute atomic E-state index is 0.723. The number of hydrogen-bond acceptors (Lipinski definition) is 4. The van der Waals surface area contributed by atoms with E-state index < -0.39 is 0 Å². The van der Waals surface area contributed by atoms with Crippen LogP contribution in [0.25, 0.3) is 0 Å². The van der Waals surface area contributed by atoms with E-state index in [9.17, 15) is 0 Å². The lowest BCUT2D eigenvalue weighted by atomic mass is 10.1. The van der Waals surface area contributed by atoms with Gasteiger partial charge in [-0.05, 0) is 31.3 Å². The van der Waals surface area contributed by atoms with Crippen molar-refractivity contribution in [1.29, 1.82) is 0 Å². The number of nitrogens with one attached hydrogen (secondary N) is 1. The minimum atomic E-state index is 0.723. The van der Waals surface area contributed by atoms with Crippen molar-refractivity contribution < 1.29 is 0 Å². The molecule has 2 nitrogen and oxygen atoms in total. The third-order valence-corrected chi connectivity index (χ3v) is 4.45. The third-order valence-electron chi connectivity index (χ3n) is 2.43. The number of nitrogens with zero attached hydrogens (tertiary/aromatic N) is 1. The SMILES string of the molecule is Cc1csc(CNC2CCSCC2)n1. The van der Waals surface area contributed by atoms with E-state index in [1.807, 2.05) is 0 Å². The van der Waals surface area contributed by atoms with E-state index in [-0.39, 0.29) is 0 Å². The van der Waals surface area contributed by atoms with Crippen molar-refractivity contribution in [3.63, 3.8) is 0 Å². The molecule has 2 heterocycles. The number of aryl methyl sites for hydroxylation is 1. The van der Waals surface area contributed by atoms with Gasteiger partial charge in [-0.1, -0.05) is 0 Å². The van der Waals surface area contributed by atoms with Crippen LogP contribution in [-0.4, -0.2) is 22.5 Å². The first-order valence-corrected chi connectivity index (χ1v) is 7.10. The number of thioether (sulfide) groups is 1. The second kappa shape index (κ2) is 5.14. The van der Waals surface area contributed by atoms with E-state index in [0.717, 1.165) is 18.3 Å². The summed E-state index contributed by atoms with van der Waals surface area (Å²) in [5, 5.41) is 6.93. The van der Waals surface area contributed by atoms with Crippen LogP contribution in [0.2, 0.25) is 0 Å². The average Bonchev–Trinajstić information content (AvgIpc) is 2.63. The molecule has 0 bridgehead atoms. The topological polar surface area (TPSA) is 24.9 Å². The fourth-order valence-electron chi connectivity index (χ4n) is 1.62. The lowest BCUT2D eigenvalue weighted by molar-refractivity contribution is 0.481.